The molecule has 1 atom stereocenters. The van der Waals surface area contributed by atoms with Crippen LogP contribution in [0, 0.1) is 0 Å². The number of aliphatic carboxylic acids is 1. The first-order chi connectivity index (χ1) is 5.55. The van der Waals surface area contributed by atoms with Gasteiger partial charge in [0, 0.05) is 5.56 Å². The maximum absolute atomic E-state index is 10.5. The highest BCUT2D eigenvalue weighted by molar-refractivity contribution is 9.10. The summed E-state index contributed by atoms with van der Waals surface area (Å²) in [6.45, 7) is 0. The van der Waals surface area contributed by atoms with Gasteiger partial charge in [-0.3, -0.25) is 0 Å². The van der Waals surface area contributed by atoms with Gasteiger partial charge in [-0.1, -0.05) is 30.3 Å². The largest absolute Gasteiger partial charge is 0.478 e. The third-order valence-corrected chi connectivity index (χ3v) is 2.24. The van der Waals surface area contributed by atoms with E-state index >= 15 is 0 Å². The van der Waals surface area contributed by atoms with Gasteiger partial charge in [0.05, 0.1) is 0 Å². The van der Waals surface area contributed by atoms with Crippen LogP contribution in [0.2, 0.25) is 0 Å². The average Bonchev–Trinajstić information content (AvgIpc) is 2.06. The molecule has 64 valence electrons. The third-order valence-electron chi connectivity index (χ3n) is 1.44. The predicted octanol–water partition coefficient (Wildman–Crippen LogP) is 1.31. The Kier molecular flexibility index (Phi) is 2.49. The summed E-state index contributed by atoms with van der Waals surface area (Å²) in [6.07, 6.45) is 0. The normalized spacial score (nSPS) is 15.2. The van der Waals surface area contributed by atoms with Gasteiger partial charge in [0.25, 0.3) is 0 Å². The molecule has 0 fully saturated rings. The Morgan fingerprint density at radius 1 is 1.33 bits per heavy atom. The van der Waals surface area contributed by atoms with Gasteiger partial charge in [0.2, 0.25) is 4.51 Å². The molecule has 3 nitrogen and oxygen atoms in total. The van der Waals surface area contributed by atoms with E-state index in [9.17, 15) is 9.90 Å². The molecule has 0 saturated carbocycles. The van der Waals surface area contributed by atoms with E-state index in [-0.39, 0.29) is 0 Å². The van der Waals surface area contributed by atoms with Gasteiger partial charge in [-0.2, -0.15) is 0 Å². The van der Waals surface area contributed by atoms with Crippen LogP contribution in [-0.4, -0.2) is 16.2 Å². The Morgan fingerprint density at radius 3 is 2.25 bits per heavy atom. The van der Waals surface area contributed by atoms with Crippen molar-refractivity contribution in [1.82, 2.24) is 0 Å². The van der Waals surface area contributed by atoms with Crippen molar-refractivity contribution < 1.29 is 15.0 Å². The lowest BCUT2D eigenvalue weighted by atomic mass is 10.1. The number of rotatable bonds is 2. The van der Waals surface area contributed by atoms with Crippen molar-refractivity contribution in [3.63, 3.8) is 0 Å². The lowest BCUT2D eigenvalue weighted by molar-refractivity contribution is -0.149. The standard InChI is InChI=1S/C8H7BrO3/c9-8(12,7(10)11)6-4-2-1-3-5-6/h1-5,12H,(H,10,11). The Labute approximate surface area is 77.8 Å². The van der Waals surface area contributed by atoms with Gasteiger partial charge in [-0.15, -0.1) is 0 Å². The van der Waals surface area contributed by atoms with E-state index < -0.39 is 10.5 Å². The predicted molar refractivity (Wildman–Crippen MR) is 46.9 cm³/mol. The SMILES string of the molecule is O=C(O)C(O)(Br)c1ccccc1. The van der Waals surface area contributed by atoms with Crippen LogP contribution in [0.4, 0.5) is 0 Å². The van der Waals surface area contributed by atoms with Gasteiger partial charge in [0.1, 0.15) is 0 Å². The first kappa shape index (κ1) is 9.22. The van der Waals surface area contributed by atoms with Crippen LogP contribution < -0.4 is 0 Å². The van der Waals surface area contributed by atoms with Crippen molar-refractivity contribution in [3.8, 4) is 0 Å². The maximum Gasteiger partial charge on any atom is 0.351 e. The molecular weight excluding hydrogens is 224 g/mol. The van der Waals surface area contributed by atoms with Crippen molar-refractivity contribution in [2.75, 3.05) is 0 Å². The molecule has 0 bridgehead atoms. The lowest BCUT2D eigenvalue weighted by Crippen LogP contribution is -2.28. The Morgan fingerprint density at radius 2 is 1.83 bits per heavy atom. The summed E-state index contributed by atoms with van der Waals surface area (Å²) in [5.74, 6) is -1.33. The van der Waals surface area contributed by atoms with Crippen LogP contribution in [0.5, 0.6) is 0 Å². The van der Waals surface area contributed by atoms with Gasteiger partial charge in [-0.05, 0) is 15.9 Å². The Balaban J connectivity index is 3.06. The smallest absolute Gasteiger partial charge is 0.351 e. The molecule has 0 heterocycles. The summed E-state index contributed by atoms with van der Waals surface area (Å²) in [7, 11) is 0. The van der Waals surface area contributed by atoms with E-state index in [0.717, 1.165) is 0 Å². The number of benzene rings is 1. The molecule has 0 spiro atoms. The van der Waals surface area contributed by atoms with Crippen molar-refractivity contribution in [1.29, 1.82) is 0 Å². The van der Waals surface area contributed by atoms with E-state index in [1.54, 1.807) is 18.2 Å². The first-order valence-corrected chi connectivity index (χ1v) is 4.04. The zero-order chi connectivity index (χ0) is 9.19. The van der Waals surface area contributed by atoms with Crippen molar-refractivity contribution in [3.05, 3.63) is 35.9 Å². The number of hydrogen-bond acceptors (Lipinski definition) is 2. The fourth-order valence-corrected chi connectivity index (χ4v) is 1.05. The number of carboxylic acids is 1. The monoisotopic (exact) mass is 230 g/mol. The van der Waals surface area contributed by atoms with Crippen molar-refractivity contribution >= 4 is 21.9 Å². The van der Waals surface area contributed by atoms with Crippen LogP contribution in [0.1, 0.15) is 5.56 Å². The van der Waals surface area contributed by atoms with Crippen molar-refractivity contribution in [2.24, 2.45) is 0 Å². The summed E-state index contributed by atoms with van der Waals surface area (Å²) in [6, 6.07) is 8.12. The van der Waals surface area contributed by atoms with Crippen LogP contribution in [-0.2, 0) is 9.30 Å². The number of halogens is 1. The first-order valence-electron chi connectivity index (χ1n) is 3.25. The highest BCUT2D eigenvalue weighted by atomic mass is 79.9. The second kappa shape index (κ2) is 3.25. The summed E-state index contributed by atoms with van der Waals surface area (Å²) in [4.78, 5) is 10.5. The number of aliphatic hydroxyl groups is 1. The molecular formula is C8H7BrO3. The highest BCUT2D eigenvalue weighted by Crippen LogP contribution is 2.27. The number of carboxylic acid groups (broad SMARTS) is 1. The Hall–Kier alpha value is -0.870. The van der Waals surface area contributed by atoms with Crippen molar-refractivity contribution in [2.45, 2.75) is 4.51 Å². The minimum Gasteiger partial charge on any atom is -0.478 e. The van der Waals surface area contributed by atoms with Crippen LogP contribution in [0.25, 0.3) is 0 Å². The molecule has 0 radical (unpaired) electrons. The van der Waals surface area contributed by atoms with E-state index in [0.29, 0.717) is 5.56 Å². The molecule has 12 heavy (non-hydrogen) atoms. The molecule has 1 aromatic rings. The van der Waals surface area contributed by atoms with Gasteiger partial charge < -0.3 is 10.2 Å². The zero-order valence-corrected chi connectivity index (χ0v) is 7.65. The summed E-state index contributed by atoms with van der Waals surface area (Å²) in [5.41, 5.74) is 0.303. The molecule has 0 aromatic heterocycles. The highest BCUT2D eigenvalue weighted by Gasteiger charge is 2.34. The van der Waals surface area contributed by atoms with E-state index in [2.05, 4.69) is 15.9 Å². The fraction of sp³-hybridized carbons (Fsp3) is 0.125. The topological polar surface area (TPSA) is 57.5 Å². The van der Waals surface area contributed by atoms with Crippen LogP contribution >= 0.6 is 15.9 Å². The maximum atomic E-state index is 10.5. The summed E-state index contributed by atoms with van der Waals surface area (Å²) in [5, 5.41) is 18.0. The average molecular weight is 231 g/mol. The molecule has 2 N–H and O–H groups in total. The molecule has 1 aromatic carbocycles. The van der Waals surface area contributed by atoms with E-state index in [1.807, 2.05) is 0 Å². The summed E-state index contributed by atoms with van der Waals surface area (Å²) >= 11 is 2.71. The summed E-state index contributed by atoms with van der Waals surface area (Å²) < 4.78 is -1.98. The zero-order valence-electron chi connectivity index (χ0n) is 6.07. The third kappa shape index (κ3) is 1.65. The molecule has 4 heteroatoms. The quantitative estimate of drug-likeness (QED) is 0.754. The molecule has 0 aliphatic carbocycles. The molecule has 1 unspecified atom stereocenters. The van der Waals surface area contributed by atoms with Crippen LogP contribution in [0.3, 0.4) is 0 Å². The lowest BCUT2D eigenvalue weighted by Gasteiger charge is -2.15. The van der Waals surface area contributed by atoms with E-state index in [4.69, 9.17) is 5.11 Å². The second-order valence-electron chi connectivity index (χ2n) is 2.29. The molecule has 0 aliphatic heterocycles. The van der Waals surface area contributed by atoms with Crippen LogP contribution in [0.15, 0.2) is 30.3 Å². The molecule has 1 rings (SSSR count). The number of alkyl halides is 1. The minimum atomic E-state index is -1.98. The number of hydrogen-bond donors (Lipinski definition) is 2. The van der Waals surface area contributed by atoms with E-state index in [1.165, 1.54) is 12.1 Å². The molecule has 0 saturated heterocycles. The van der Waals surface area contributed by atoms with Gasteiger partial charge in [0.15, 0.2) is 0 Å². The fourth-order valence-electron chi connectivity index (χ4n) is 0.782. The second-order valence-corrected chi connectivity index (χ2v) is 3.44. The van der Waals surface area contributed by atoms with Gasteiger partial charge in [-0.25, -0.2) is 4.79 Å². The minimum absolute atomic E-state index is 0.303. The Bertz CT molecular complexity index is 282. The number of carbonyl (C=O) groups is 1. The van der Waals surface area contributed by atoms with Gasteiger partial charge >= 0.3 is 5.97 Å². The molecule has 0 aliphatic rings. The molecule has 0 amide bonds.